The van der Waals surface area contributed by atoms with Crippen molar-refractivity contribution in [3.8, 4) is 0 Å². The van der Waals surface area contributed by atoms with Gasteiger partial charge in [-0.2, -0.15) is 0 Å². The van der Waals surface area contributed by atoms with Gasteiger partial charge in [-0.15, -0.1) is 0 Å². The van der Waals surface area contributed by atoms with Crippen LogP contribution in [0.3, 0.4) is 0 Å². The molecule has 0 N–H and O–H groups in total. The van der Waals surface area contributed by atoms with Crippen LogP contribution in [0.2, 0.25) is 0 Å². The average Bonchev–Trinajstić information content (AvgIpc) is 2.83. The van der Waals surface area contributed by atoms with Crippen molar-refractivity contribution in [1.82, 2.24) is 19.6 Å². The number of piperazine rings is 2. The lowest BCUT2D eigenvalue weighted by Gasteiger charge is -2.43. The summed E-state index contributed by atoms with van der Waals surface area (Å²) < 4.78 is 19.5. The Labute approximate surface area is 222 Å². The van der Waals surface area contributed by atoms with Gasteiger partial charge in [-0.3, -0.25) is 29.0 Å². The number of imide groups is 2. The molecule has 2 rings (SSSR count). The van der Waals surface area contributed by atoms with E-state index in [4.69, 9.17) is 18.9 Å². The van der Waals surface area contributed by atoms with Gasteiger partial charge in [-0.05, 0) is 25.7 Å². The quantitative estimate of drug-likeness (QED) is 0.266. The van der Waals surface area contributed by atoms with Crippen LogP contribution in [-0.2, 0) is 38.1 Å². The molecule has 38 heavy (non-hydrogen) atoms. The van der Waals surface area contributed by atoms with Gasteiger partial charge < -0.3 is 18.9 Å². The molecule has 14 heteroatoms. The van der Waals surface area contributed by atoms with E-state index >= 15 is 0 Å². The molecule has 2 fully saturated rings. The normalized spacial score (nSPS) is 19.2. The van der Waals surface area contributed by atoms with Crippen molar-refractivity contribution in [2.45, 2.75) is 53.6 Å². The van der Waals surface area contributed by atoms with Crippen molar-refractivity contribution in [3.63, 3.8) is 0 Å². The van der Waals surface area contributed by atoms with E-state index in [1.165, 1.54) is 0 Å². The maximum Gasteiger partial charge on any atom is 0.510 e. The number of carbonyl (C=O) groups is 6. The van der Waals surface area contributed by atoms with Crippen LogP contribution in [0, 0.1) is 11.8 Å². The van der Waals surface area contributed by atoms with E-state index < -0.39 is 49.4 Å². The highest BCUT2D eigenvalue weighted by molar-refractivity contribution is 6.00. The highest BCUT2D eigenvalue weighted by Gasteiger charge is 2.40. The molecule has 214 valence electrons. The summed E-state index contributed by atoms with van der Waals surface area (Å²) in [4.78, 5) is 78.7. The maximum absolute atomic E-state index is 12.6. The lowest BCUT2D eigenvalue weighted by molar-refractivity contribution is -0.162. The van der Waals surface area contributed by atoms with E-state index in [1.807, 2.05) is 27.7 Å². The second-order valence-electron chi connectivity index (χ2n) is 10.2. The van der Waals surface area contributed by atoms with Crippen molar-refractivity contribution in [2.75, 3.05) is 52.9 Å². The number of ether oxygens (including phenoxy) is 4. The predicted molar refractivity (Wildman–Crippen MR) is 130 cm³/mol. The summed E-state index contributed by atoms with van der Waals surface area (Å²) in [6, 6.07) is -0.757. The van der Waals surface area contributed by atoms with E-state index in [2.05, 4.69) is 0 Å². The molecule has 2 aliphatic heterocycles. The minimum atomic E-state index is -0.963. The predicted octanol–water partition coefficient (Wildman–Crippen LogP) is 0.638. The molecule has 0 aromatic heterocycles. The van der Waals surface area contributed by atoms with Crippen molar-refractivity contribution < 1.29 is 47.7 Å². The third kappa shape index (κ3) is 8.94. The van der Waals surface area contributed by atoms with Gasteiger partial charge >= 0.3 is 12.3 Å². The zero-order valence-corrected chi connectivity index (χ0v) is 22.8. The Morgan fingerprint density at radius 3 is 1.13 bits per heavy atom. The van der Waals surface area contributed by atoms with E-state index in [0.29, 0.717) is 0 Å². The average molecular weight is 543 g/mol. The highest BCUT2D eigenvalue weighted by Crippen LogP contribution is 2.18. The topological polar surface area (TPSA) is 152 Å². The van der Waals surface area contributed by atoms with Crippen LogP contribution in [0.1, 0.15) is 41.5 Å². The molecular formula is C24H38N4O10. The molecule has 2 saturated heterocycles. The lowest BCUT2D eigenvalue weighted by atomic mass is 10.1. The van der Waals surface area contributed by atoms with Crippen molar-refractivity contribution in [2.24, 2.45) is 11.8 Å². The molecule has 0 unspecified atom stereocenters. The van der Waals surface area contributed by atoms with Gasteiger partial charge in [0.25, 0.3) is 0 Å². The molecule has 2 aliphatic rings. The summed E-state index contributed by atoms with van der Waals surface area (Å²) in [5.74, 6) is -1.96. The fourth-order valence-corrected chi connectivity index (χ4v) is 3.69. The number of amides is 4. The molecule has 2 atom stereocenters. The molecule has 0 aliphatic carbocycles. The first kappa shape index (κ1) is 31.0. The molecular weight excluding hydrogens is 504 g/mol. The van der Waals surface area contributed by atoms with Crippen LogP contribution in [-0.4, -0.2) is 120 Å². The highest BCUT2D eigenvalue weighted by atomic mass is 16.7. The molecule has 0 spiro atoms. The summed E-state index contributed by atoms with van der Waals surface area (Å²) in [6.07, 6.45) is -1.93. The first-order valence-corrected chi connectivity index (χ1v) is 12.5. The Hall–Kier alpha value is -3.26. The summed E-state index contributed by atoms with van der Waals surface area (Å²) in [7, 11) is 0. The number of carbonyl (C=O) groups excluding carboxylic acids is 6. The third-order valence-corrected chi connectivity index (χ3v) is 6.10. The second-order valence-corrected chi connectivity index (χ2v) is 10.2. The zero-order valence-electron chi connectivity index (χ0n) is 22.8. The molecule has 0 saturated carbocycles. The van der Waals surface area contributed by atoms with Gasteiger partial charge in [0.2, 0.25) is 23.6 Å². The molecule has 4 amide bonds. The first-order valence-electron chi connectivity index (χ1n) is 12.5. The van der Waals surface area contributed by atoms with Crippen LogP contribution in [0.15, 0.2) is 0 Å². The number of hydrogen-bond donors (Lipinski definition) is 0. The van der Waals surface area contributed by atoms with Crippen LogP contribution in [0.5, 0.6) is 0 Å². The fourth-order valence-electron chi connectivity index (χ4n) is 3.69. The van der Waals surface area contributed by atoms with Crippen LogP contribution >= 0.6 is 0 Å². The molecule has 0 bridgehead atoms. The smallest absolute Gasteiger partial charge is 0.434 e. The zero-order chi connectivity index (χ0) is 28.6. The Bertz CT molecular complexity index is 801. The Kier molecular flexibility index (Phi) is 11.4. The molecule has 2 heterocycles. The van der Waals surface area contributed by atoms with Gasteiger partial charge in [0.05, 0.1) is 39.4 Å². The van der Waals surface area contributed by atoms with Crippen LogP contribution in [0.25, 0.3) is 0 Å². The summed E-state index contributed by atoms with van der Waals surface area (Å²) >= 11 is 0. The fraction of sp³-hybridized carbons (Fsp3) is 0.750. The first-order chi connectivity index (χ1) is 17.8. The minimum Gasteiger partial charge on any atom is -0.434 e. The summed E-state index contributed by atoms with van der Waals surface area (Å²) in [6.45, 7) is 9.77. The number of rotatable bonds is 11. The maximum atomic E-state index is 12.6. The molecule has 0 radical (unpaired) electrons. The van der Waals surface area contributed by atoms with Crippen molar-refractivity contribution in [1.29, 1.82) is 0 Å². The van der Waals surface area contributed by atoms with Crippen molar-refractivity contribution in [3.05, 3.63) is 0 Å². The van der Waals surface area contributed by atoms with Gasteiger partial charge in [-0.25, -0.2) is 19.4 Å². The van der Waals surface area contributed by atoms with Crippen LogP contribution < -0.4 is 0 Å². The van der Waals surface area contributed by atoms with E-state index in [-0.39, 0.29) is 63.3 Å². The number of hydrogen-bond acceptors (Lipinski definition) is 12. The van der Waals surface area contributed by atoms with E-state index in [9.17, 15) is 28.8 Å². The second kappa shape index (κ2) is 14.0. The third-order valence-electron chi connectivity index (χ3n) is 6.10. The van der Waals surface area contributed by atoms with Gasteiger partial charge in [0.1, 0.15) is 0 Å². The Morgan fingerprint density at radius 1 is 0.579 bits per heavy atom. The Balaban J connectivity index is 1.86. The van der Waals surface area contributed by atoms with Gasteiger partial charge in [0, 0.05) is 12.1 Å². The molecule has 0 aromatic rings. The van der Waals surface area contributed by atoms with Gasteiger partial charge in [0.15, 0.2) is 13.5 Å². The Morgan fingerprint density at radius 2 is 0.868 bits per heavy atom. The summed E-state index contributed by atoms with van der Waals surface area (Å²) in [5.41, 5.74) is 0. The lowest BCUT2D eigenvalue weighted by Crippen LogP contribution is -2.63. The summed E-state index contributed by atoms with van der Waals surface area (Å²) in [5, 5.41) is 0. The standard InChI is InChI=1S/C24H38N4O10/c1-15(2)11-35-23(33)37-13-27-19(29)7-25(8-20(27)30)17(5)18(6)26-9-21(31)28(22(32)10-26)14-38-24(34)36-12-16(3)4/h15-18H,7-14H2,1-6H3/t17-,18+. The minimum absolute atomic E-state index is 0.109. The SMILES string of the molecule is CC(C)COC(=O)OCN1C(=O)CN([C@H](C)[C@H](C)N2CC(=O)N(COC(=O)OCC(C)C)C(=O)C2)CC1=O. The van der Waals surface area contributed by atoms with Crippen LogP contribution in [0.4, 0.5) is 9.59 Å². The van der Waals surface area contributed by atoms with E-state index in [0.717, 1.165) is 9.80 Å². The molecule has 0 aromatic carbocycles. The largest absolute Gasteiger partial charge is 0.510 e. The van der Waals surface area contributed by atoms with E-state index in [1.54, 1.807) is 23.6 Å². The molecule has 14 nitrogen and oxygen atoms in total. The number of nitrogens with zero attached hydrogens (tertiary/aromatic N) is 4. The van der Waals surface area contributed by atoms with Gasteiger partial charge in [-0.1, -0.05) is 27.7 Å². The monoisotopic (exact) mass is 542 g/mol. The van der Waals surface area contributed by atoms with Crippen molar-refractivity contribution >= 4 is 35.9 Å².